The van der Waals surface area contributed by atoms with E-state index in [2.05, 4.69) is 4.98 Å². The van der Waals surface area contributed by atoms with Gasteiger partial charge in [0.1, 0.15) is 0 Å². The Bertz CT molecular complexity index is 665. The fourth-order valence-corrected chi connectivity index (χ4v) is 2.64. The van der Waals surface area contributed by atoms with Gasteiger partial charge in [-0.05, 0) is 22.9 Å². The number of nitrogens with one attached hydrogen (secondary N) is 1. The quantitative estimate of drug-likeness (QED) is 0.596. The van der Waals surface area contributed by atoms with Crippen LogP contribution in [0.15, 0.2) is 40.6 Å². The number of hydrogen-bond acceptors (Lipinski definition) is 2. The highest BCUT2D eigenvalue weighted by Crippen LogP contribution is 2.26. The fourth-order valence-electron chi connectivity index (χ4n) is 1.69. The van der Waals surface area contributed by atoms with Crippen molar-refractivity contribution in [2.75, 3.05) is 0 Å². The normalized spacial score (nSPS) is 11.1. The summed E-state index contributed by atoms with van der Waals surface area (Å²) in [7, 11) is 0. The van der Waals surface area contributed by atoms with E-state index < -0.39 is 0 Å². The van der Waals surface area contributed by atoms with Gasteiger partial charge in [-0.1, -0.05) is 6.07 Å². The minimum absolute atomic E-state index is 0.0896. The van der Waals surface area contributed by atoms with E-state index in [1.165, 1.54) is 0 Å². The number of rotatable bonds is 0. The third kappa shape index (κ3) is 0.930. The summed E-state index contributed by atoms with van der Waals surface area (Å²) in [6, 6.07) is 7.59. The van der Waals surface area contributed by atoms with Gasteiger partial charge in [0.05, 0.1) is 10.9 Å². The molecule has 14 heavy (non-hydrogen) atoms. The molecule has 68 valence electrons. The molecule has 0 aliphatic carbocycles. The molecule has 0 fully saturated rings. The van der Waals surface area contributed by atoms with Crippen LogP contribution in [0, 0.1) is 0 Å². The van der Waals surface area contributed by atoms with Gasteiger partial charge in [0.15, 0.2) is 5.43 Å². The van der Waals surface area contributed by atoms with Crippen LogP contribution in [-0.4, -0.2) is 4.98 Å². The molecule has 2 heterocycles. The van der Waals surface area contributed by atoms with Gasteiger partial charge >= 0.3 is 0 Å². The van der Waals surface area contributed by atoms with Crippen molar-refractivity contribution in [3.63, 3.8) is 0 Å². The Morgan fingerprint density at radius 2 is 2.07 bits per heavy atom. The number of pyridine rings is 1. The summed E-state index contributed by atoms with van der Waals surface area (Å²) in [6.07, 6.45) is 1.68. The first-order chi connectivity index (χ1) is 6.86. The number of hydrogen-bond donors (Lipinski definition) is 1. The van der Waals surface area contributed by atoms with Crippen molar-refractivity contribution in [3.05, 3.63) is 46.1 Å². The van der Waals surface area contributed by atoms with Crippen LogP contribution >= 0.6 is 11.3 Å². The van der Waals surface area contributed by atoms with E-state index in [-0.39, 0.29) is 5.43 Å². The molecule has 1 N–H and O–H groups in total. The van der Waals surface area contributed by atoms with Crippen LogP contribution in [0.3, 0.4) is 0 Å². The molecule has 0 spiro atoms. The Balaban J connectivity index is 2.74. The van der Waals surface area contributed by atoms with Crippen molar-refractivity contribution in [2.24, 2.45) is 0 Å². The summed E-state index contributed by atoms with van der Waals surface area (Å²) in [5, 5.41) is 3.95. The van der Waals surface area contributed by atoms with Gasteiger partial charge in [0.25, 0.3) is 0 Å². The first-order valence-electron chi connectivity index (χ1n) is 4.34. The van der Waals surface area contributed by atoms with Crippen LogP contribution in [-0.2, 0) is 0 Å². The Morgan fingerprint density at radius 1 is 1.14 bits per heavy atom. The molecule has 0 bridgehead atoms. The monoisotopic (exact) mass is 201 g/mol. The molecule has 0 unspecified atom stereocenters. The largest absolute Gasteiger partial charge is 0.361 e. The Hall–Kier alpha value is -1.61. The molecule has 2 aromatic heterocycles. The Kier molecular flexibility index (Phi) is 1.49. The summed E-state index contributed by atoms with van der Waals surface area (Å²) < 4.78 is 1.07. The van der Waals surface area contributed by atoms with E-state index in [4.69, 9.17) is 0 Å². The zero-order chi connectivity index (χ0) is 9.54. The molecule has 2 nitrogen and oxygen atoms in total. The highest BCUT2D eigenvalue weighted by atomic mass is 32.1. The number of aromatic amines is 1. The standard InChI is InChI=1S/C11H7NOS/c13-9-3-5-12-8-2-1-7-4-6-14-11(7)10(8)9/h1-6H,(H,12,13). The summed E-state index contributed by atoms with van der Waals surface area (Å²) in [4.78, 5) is 14.8. The molecule has 0 saturated carbocycles. The zero-order valence-corrected chi connectivity index (χ0v) is 8.10. The van der Waals surface area contributed by atoms with E-state index in [1.54, 1.807) is 23.6 Å². The van der Waals surface area contributed by atoms with Crippen LogP contribution < -0.4 is 5.43 Å². The van der Waals surface area contributed by atoms with Gasteiger partial charge in [-0.25, -0.2) is 0 Å². The maximum absolute atomic E-state index is 11.7. The molecular formula is C11H7NOS. The van der Waals surface area contributed by atoms with Gasteiger partial charge < -0.3 is 4.98 Å². The molecule has 0 aliphatic heterocycles. The summed E-state index contributed by atoms with van der Waals surface area (Å²) in [5.41, 5.74) is 0.999. The molecule has 0 saturated heterocycles. The lowest BCUT2D eigenvalue weighted by atomic mass is 10.1. The average molecular weight is 201 g/mol. The first-order valence-corrected chi connectivity index (χ1v) is 5.22. The lowest BCUT2D eigenvalue weighted by molar-refractivity contribution is 1.40. The maximum atomic E-state index is 11.7. The summed E-state index contributed by atoms with van der Waals surface area (Å²) in [6.45, 7) is 0. The lowest BCUT2D eigenvalue weighted by Crippen LogP contribution is -1.99. The van der Waals surface area contributed by atoms with Crippen molar-refractivity contribution in [2.45, 2.75) is 0 Å². The molecule has 0 atom stereocenters. The van der Waals surface area contributed by atoms with E-state index in [0.717, 1.165) is 21.0 Å². The second-order valence-electron chi connectivity index (χ2n) is 3.17. The van der Waals surface area contributed by atoms with E-state index >= 15 is 0 Å². The van der Waals surface area contributed by atoms with Crippen LogP contribution in [0.5, 0.6) is 0 Å². The number of aromatic nitrogens is 1. The summed E-state index contributed by atoms with van der Waals surface area (Å²) >= 11 is 1.61. The second kappa shape index (κ2) is 2.69. The molecular weight excluding hydrogens is 194 g/mol. The SMILES string of the molecule is O=c1cc[nH]c2ccc3ccsc3c12. The second-order valence-corrected chi connectivity index (χ2v) is 4.09. The van der Waals surface area contributed by atoms with E-state index in [0.29, 0.717) is 0 Å². The smallest absolute Gasteiger partial charge is 0.190 e. The lowest BCUT2D eigenvalue weighted by Gasteiger charge is -1.97. The van der Waals surface area contributed by atoms with Gasteiger partial charge in [-0.2, -0.15) is 0 Å². The van der Waals surface area contributed by atoms with Crippen molar-refractivity contribution < 1.29 is 0 Å². The number of thiophene rings is 1. The minimum Gasteiger partial charge on any atom is -0.361 e. The number of H-pyrrole nitrogens is 1. The topological polar surface area (TPSA) is 32.9 Å². The molecule has 3 rings (SSSR count). The van der Waals surface area contributed by atoms with Crippen LogP contribution in [0.1, 0.15) is 0 Å². The maximum Gasteiger partial charge on any atom is 0.190 e. The van der Waals surface area contributed by atoms with Crippen molar-refractivity contribution >= 4 is 32.3 Å². The number of fused-ring (bicyclic) bond motifs is 3. The van der Waals surface area contributed by atoms with E-state index in [1.807, 2.05) is 23.6 Å². The molecule has 0 radical (unpaired) electrons. The zero-order valence-electron chi connectivity index (χ0n) is 7.28. The molecule has 3 aromatic rings. The minimum atomic E-state index is 0.0896. The van der Waals surface area contributed by atoms with Crippen LogP contribution in [0.25, 0.3) is 21.0 Å². The van der Waals surface area contributed by atoms with Gasteiger partial charge in [-0.15, -0.1) is 11.3 Å². The molecule has 0 amide bonds. The fraction of sp³-hybridized carbons (Fsp3) is 0. The average Bonchev–Trinajstić information content (AvgIpc) is 2.65. The van der Waals surface area contributed by atoms with Crippen LogP contribution in [0.2, 0.25) is 0 Å². The third-order valence-electron chi connectivity index (χ3n) is 2.34. The highest BCUT2D eigenvalue weighted by molar-refractivity contribution is 7.18. The highest BCUT2D eigenvalue weighted by Gasteiger charge is 2.04. The first kappa shape index (κ1) is 7.76. The van der Waals surface area contributed by atoms with Crippen LogP contribution in [0.4, 0.5) is 0 Å². The Labute approximate surface area is 83.8 Å². The van der Waals surface area contributed by atoms with Crippen molar-refractivity contribution in [3.8, 4) is 0 Å². The third-order valence-corrected chi connectivity index (χ3v) is 3.29. The van der Waals surface area contributed by atoms with Gasteiger partial charge in [0, 0.05) is 17.0 Å². The molecule has 0 aliphatic rings. The van der Waals surface area contributed by atoms with Gasteiger partial charge in [0.2, 0.25) is 0 Å². The predicted octanol–water partition coefficient (Wildman–Crippen LogP) is 2.74. The van der Waals surface area contributed by atoms with Gasteiger partial charge in [-0.3, -0.25) is 4.79 Å². The van der Waals surface area contributed by atoms with Crippen molar-refractivity contribution in [1.29, 1.82) is 0 Å². The molecule has 3 heteroatoms. The summed E-state index contributed by atoms with van der Waals surface area (Å²) in [5.74, 6) is 0. The number of benzene rings is 1. The van der Waals surface area contributed by atoms with E-state index in [9.17, 15) is 4.79 Å². The van der Waals surface area contributed by atoms with Crippen molar-refractivity contribution in [1.82, 2.24) is 4.98 Å². The Morgan fingerprint density at radius 3 is 3.00 bits per heavy atom. The molecule has 1 aromatic carbocycles. The predicted molar refractivity (Wildman–Crippen MR) is 60.0 cm³/mol.